The van der Waals surface area contributed by atoms with Crippen LogP contribution in [0.15, 0.2) is 18.2 Å². The Morgan fingerprint density at radius 1 is 1.35 bits per heavy atom. The summed E-state index contributed by atoms with van der Waals surface area (Å²) < 4.78 is 10.4. The number of anilines is 2. The molecule has 0 bridgehead atoms. The van der Waals surface area contributed by atoms with Crippen LogP contribution in [0.3, 0.4) is 0 Å². The van der Waals surface area contributed by atoms with E-state index < -0.39 is 11.7 Å². The van der Waals surface area contributed by atoms with Crippen LogP contribution in [0.25, 0.3) is 0 Å². The molecule has 1 aromatic carbocycles. The number of hydrogen-bond donors (Lipinski definition) is 3. The maximum absolute atomic E-state index is 11.5. The molecule has 23 heavy (non-hydrogen) atoms. The third kappa shape index (κ3) is 5.69. The van der Waals surface area contributed by atoms with E-state index >= 15 is 0 Å². The summed E-state index contributed by atoms with van der Waals surface area (Å²) in [5.74, 6) is 0.512. The van der Waals surface area contributed by atoms with Crippen molar-refractivity contribution < 1.29 is 19.1 Å². The fraction of sp³-hybridized carbons (Fsp3) is 0.500. The second kappa shape index (κ2) is 7.21. The second-order valence-electron chi connectivity index (χ2n) is 6.26. The van der Waals surface area contributed by atoms with Crippen molar-refractivity contribution in [1.82, 2.24) is 5.32 Å². The molecule has 0 saturated carbocycles. The molecule has 3 N–H and O–H groups in total. The summed E-state index contributed by atoms with van der Waals surface area (Å²) in [6.45, 7) is 6.73. The zero-order chi connectivity index (χ0) is 16.9. The van der Waals surface area contributed by atoms with Gasteiger partial charge in [-0.2, -0.15) is 0 Å². The number of ether oxygens (including phenoxy) is 2. The number of nitrogens with one attached hydrogen (secondary N) is 3. The van der Waals surface area contributed by atoms with Gasteiger partial charge in [-0.15, -0.1) is 0 Å². The van der Waals surface area contributed by atoms with Gasteiger partial charge < -0.3 is 25.4 Å². The van der Waals surface area contributed by atoms with Crippen molar-refractivity contribution >= 4 is 23.4 Å². The molecule has 0 aromatic heterocycles. The summed E-state index contributed by atoms with van der Waals surface area (Å²) in [6, 6.07) is 5.53. The second-order valence-corrected chi connectivity index (χ2v) is 6.26. The predicted molar refractivity (Wildman–Crippen MR) is 87.9 cm³/mol. The van der Waals surface area contributed by atoms with Crippen molar-refractivity contribution in [1.29, 1.82) is 0 Å². The van der Waals surface area contributed by atoms with Crippen LogP contribution < -0.4 is 20.7 Å². The maximum atomic E-state index is 11.5. The molecular weight excluding hydrogens is 298 g/mol. The van der Waals surface area contributed by atoms with Gasteiger partial charge in [0.1, 0.15) is 11.4 Å². The first-order chi connectivity index (χ1) is 10.8. The van der Waals surface area contributed by atoms with E-state index in [1.54, 1.807) is 0 Å². The number of benzene rings is 1. The topological polar surface area (TPSA) is 88.7 Å². The fourth-order valence-electron chi connectivity index (χ4n) is 2.02. The van der Waals surface area contributed by atoms with Gasteiger partial charge in [-0.1, -0.05) is 0 Å². The molecule has 0 fully saturated rings. The van der Waals surface area contributed by atoms with E-state index in [0.29, 0.717) is 24.5 Å². The molecular formula is C16H23N3O4. The van der Waals surface area contributed by atoms with Crippen molar-refractivity contribution in [2.45, 2.75) is 32.8 Å². The van der Waals surface area contributed by atoms with Gasteiger partial charge in [0.15, 0.2) is 6.61 Å². The Labute approximate surface area is 135 Å². The van der Waals surface area contributed by atoms with E-state index in [0.717, 1.165) is 12.1 Å². The Hall–Kier alpha value is -2.44. The molecule has 1 aliphatic rings. The molecule has 126 valence electrons. The van der Waals surface area contributed by atoms with Crippen molar-refractivity contribution in [2.75, 3.05) is 30.3 Å². The molecule has 1 aromatic rings. The van der Waals surface area contributed by atoms with Crippen LogP contribution >= 0.6 is 0 Å². The Morgan fingerprint density at radius 2 is 2.13 bits per heavy atom. The van der Waals surface area contributed by atoms with E-state index in [1.807, 2.05) is 39.0 Å². The first-order valence-corrected chi connectivity index (χ1v) is 7.61. The normalized spacial score (nSPS) is 13.4. The molecule has 7 heteroatoms. The average Bonchev–Trinajstić information content (AvgIpc) is 2.44. The summed E-state index contributed by atoms with van der Waals surface area (Å²) in [4.78, 5) is 22.8. The molecule has 2 rings (SSSR count). The van der Waals surface area contributed by atoms with Crippen LogP contribution in [0.2, 0.25) is 0 Å². The third-order valence-corrected chi connectivity index (χ3v) is 2.96. The van der Waals surface area contributed by atoms with Crippen LogP contribution in [-0.2, 0) is 9.53 Å². The molecule has 7 nitrogen and oxygen atoms in total. The van der Waals surface area contributed by atoms with Gasteiger partial charge in [-0.25, -0.2) is 4.79 Å². The van der Waals surface area contributed by atoms with Crippen LogP contribution in [0.4, 0.5) is 16.2 Å². The standard InChI is InChI=1S/C16H23N3O4/c1-16(2,3)23-15(21)18-8-4-7-17-11-5-6-13-12(9-11)19-14(20)10-22-13/h5-6,9,17H,4,7-8,10H2,1-3H3,(H,18,21)(H,19,20). The highest BCUT2D eigenvalue weighted by atomic mass is 16.6. The lowest BCUT2D eigenvalue weighted by molar-refractivity contribution is -0.118. The number of fused-ring (bicyclic) bond motifs is 1. The molecule has 2 amide bonds. The minimum atomic E-state index is -0.488. The third-order valence-electron chi connectivity index (χ3n) is 2.96. The average molecular weight is 321 g/mol. The summed E-state index contributed by atoms with van der Waals surface area (Å²) in [5.41, 5.74) is 1.06. The monoisotopic (exact) mass is 321 g/mol. The highest BCUT2D eigenvalue weighted by Gasteiger charge is 2.16. The van der Waals surface area contributed by atoms with Crippen molar-refractivity contribution in [3.05, 3.63) is 18.2 Å². The molecule has 0 atom stereocenters. The van der Waals surface area contributed by atoms with Gasteiger partial charge in [-0.3, -0.25) is 4.79 Å². The number of carbonyl (C=O) groups excluding carboxylic acids is 2. The molecule has 0 spiro atoms. The highest BCUT2D eigenvalue weighted by molar-refractivity contribution is 5.96. The SMILES string of the molecule is CC(C)(C)OC(=O)NCCCNc1ccc2c(c1)NC(=O)CO2. The molecule has 0 radical (unpaired) electrons. The van der Waals surface area contributed by atoms with E-state index in [4.69, 9.17) is 9.47 Å². The number of rotatable bonds is 5. The van der Waals surface area contributed by atoms with Gasteiger partial charge in [0.05, 0.1) is 5.69 Å². The molecule has 1 heterocycles. The predicted octanol–water partition coefficient (Wildman–Crippen LogP) is 2.34. The summed E-state index contributed by atoms with van der Waals surface area (Å²) in [6.07, 6.45) is 0.338. The van der Waals surface area contributed by atoms with Crippen molar-refractivity contribution in [3.63, 3.8) is 0 Å². The Morgan fingerprint density at radius 3 is 2.87 bits per heavy atom. The smallest absolute Gasteiger partial charge is 0.407 e. The number of hydrogen-bond acceptors (Lipinski definition) is 5. The highest BCUT2D eigenvalue weighted by Crippen LogP contribution is 2.30. The minimum Gasteiger partial charge on any atom is -0.482 e. The zero-order valence-corrected chi connectivity index (χ0v) is 13.7. The van der Waals surface area contributed by atoms with Crippen molar-refractivity contribution in [2.24, 2.45) is 0 Å². The quantitative estimate of drug-likeness (QED) is 0.724. The first kappa shape index (κ1) is 16.9. The summed E-state index contributed by atoms with van der Waals surface area (Å²) in [7, 11) is 0. The number of alkyl carbamates (subject to hydrolysis) is 1. The minimum absolute atomic E-state index is 0.0517. The first-order valence-electron chi connectivity index (χ1n) is 7.61. The number of carbonyl (C=O) groups is 2. The summed E-state index contributed by atoms with van der Waals surface area (Å²) >= 11 is 0. The molecule has 0 aliphatic carbocycles. The van der Waals surface area contributed by atoms with Crippen LogP contribution in [0, 0.1) is 0 Å². The van der Waals surface area contributed by atoms with Crippen LogP contribution in [0.1, 0.15) is 27.2 Å². The van der Waals surface area contributed by atoms with E-state index in [9.17, 15) is 9.59 Å². The van der Waals surface area contributed by atoms with Gasteiger partial charge in [0.25, 0.3) is 5.91 Å². The molecule has 1 aliphatic heterocycles. The lowest BCUT2D eigenvalue weighted by Gasteiger charge is -2.20. The van der Waals surface area contributed by atoms with E-state index in [-0.39, 0.29) is 12.5 Å². The van der Waals surface area contributed by atoms with E-state index in [2.05, 4.69) is 16.0 Å². The largest absolute Gasteiger partial charge is 0.482 e. The van der Waals surface area contributed by atoms with Gasteiger partial charge in [0, 0.05) is 18.8 Å². The Kier molecular flexibility index (Phi) is 5.31. The Bertz CT molecular complexity index is 581. The lowest BCUT2D eigenvalue weighted by atomic mass is 10.2. The molecule has 0 unspecified atom stereocenters. The maximum Gasteiger partial charge on any atom is 0.407 e. The van der Waals surface area contributed by atoms with Crippen LogP contribution in [-0.4, -0.2) is 37.3 Å². The summed E-state index contributed by atoms with van der Waals surface area (Å²) in [5, 5.41) is 8.70. The van der Waals surface area contributed by atoms with Gasteiger partial charge in [-0.05, 0) is 45.4 Å². The van der Waals surface area contributed by atoms with Gasteiger partial charge in [0.2, 0.25) is 0 Å². The zero-order valence-electron chi connectivity index (χ0n) is 13.7. The van der Waals surface area contributed by atoms with E-state index in [1.165, 1.54) is 0 Å². The van der Waals surface area contributed by atoms with Gasteiger partial charge >= 0.3 is 6.09 Å². The molecule has 0 saturated heterocycles. The lowest BCUT2D eigenvalue weighted by Crippen LogP contribution is -2.33. The van der Waals surface area contributed by atoms with Crippen LogP contribution in [0.5, 0.6) is 5.75 Å². The van der Waals surface area contributed by atoms with Crippen molar-refractivity contribution in [3.8, 4) is 5.75 Å². The fourth-order valence-corrected chi connectivity index (χ4v) is 2.02. The number of amides is 2. The Balaban J connectivity index is 1.70.